The molecular formula is C25H40O2. The summed E-state index contributed by atoms with van der Waals surface area (Å²) in [6, 6.07) is 16.5. The van der Waals surface area contributed by atoms with Gasteiger partial charge in [0.2, 0.25) is 0 Å². The van der Waals surface area contributed by atoms with E-state index in [9.17, 15) is 0 Å². The molecule has 0 aromatic heterocycles. The average Bonchev–Trinajstić information content (AvgIpc) is 2.66. The zero-order valence-corrected chi connectivity index (χ0v) is 18.7. The molecule has 1 atom stereocenters. The Morgan fingerprint density at radius 2 is 1.44 bits per heavy atom. The van der Waals surface area contributed by atoms with Crippen molar-refractivity contribution in [3.63, 3.8) is 0 Å². The van der Waals surface area contributed by atoms with Crippen LogP contribution in [-0.4, -0.2) is 12.2 Å². The molecule has 0 saturated heterocycles. The van der Waals surface area contributed by atoms with Crippen LogP contribution in [0.4, 0.5) is 0 Å². The van der Waals surface area contributed by atoms with E-state index in [1.54, 1.807) is 0 Å². The van der Waals surface area contributed by atoms with Crippen LogP contribution in [0.15, 0.2) is 48.5 Å². The van der Waals surface area contributed by atoms with E-state index in [4.69, 9.17) is 9.47 Å². The molecule has 0 fully saturated rings. The molecule has 0 saturated carbocycles. The molecule has 0 amide bonds. The van der Waals surface area contributed by atoms with Crippen molar-refractivity contribution in [3.05, 3.63) is 59.7 Å². The van der Waals surface area contributed by atoms with Crippen LogP contribution in [0.5, 0.6) is 11.5 Å². The molecule has 0 aliphatic heterocycles. The second kappa shape index (κ2) is 15.1. The van der Waals surface area contributed by atoms with Crippen LogP contribution in [0.3, 0.4) is 0 Å². The summed E-state index contributed by atoms with van der Waals surface area (Å²) in [4.78, 5) is 0. The van der Waals surface area contributed by atoms with Gasteiger partial charge in [0.1, 0.15) is 11.5 Å². The summed E-state index contributed by atoms with van der Waals surface area (Å²) in [5.74, 6) is 1.95. The Labute approximate surface area is 167 Å². The first-order valence-corrected chi connectivity index (χ1v) is 10.4. The zero-order valence-electron chi connectivity index (χ0n) is 18.7. The molecule has 0 radical (unpaired) electrons. The Bertz CT molecular complexity index is 588. The average molecular weight is 373 g/mol. The summed E-state index contributed by atoms with van der Waals surface area (Å²) in [6.45, 7) is 16.6. The first-order valence-electron chi connectivity index (χ1n) is 10.4. The number of hydrogen-bond acceptors (Lipinski definition) is 2. The van der Waals surface area contributed by atoms with Crippen molar-refractivity contribution in [2.24, 2.45) is 0 Å². The van der Waals surface area contributed by atoms with E-state index >= 15 is 0 Å². The molecule has 0 aliphatic rings. The summed E-state index contributed by atoms with van der Waals surface area (Å²) in [7, 11) is 0. The second-order valence-corrected chi connectivity index (χ2v) is 6.71. The first kappa shape index (κ1) is 25.0. The molecule has 2 aromatic carbocycles. The molecule has 2 aromatic rings. The Hall–Kier alpha value is -1.96. The fourth-order valence-electron chi connectivity index (χ4n) is 2.27. The minimum absolute atomic E-state index is 0.262. The van der Waals surface area contributed by atoms with Gasteiger partial charge >= 0.3 is 0 Å². The third-order valence-corrected chi connectivity index (χ3v) is 3.74. The standard InChI is InChI=1S/C13H20O.C10H14O.C2H6/c1-4-7-12-8-6-9-13(10-12)14-11(3)5-2;1-8(2)11-10-6-4-9(3)5-7-10;1-2/h6,8-11H,4-5,7H2,1-3H3;4-8H,1-3H3;1-2H3. The van der Waals surface area contributed by atoms with Crippen LogP contribution in [0.25, 0.3) is 0 Å². The van der Waals surface area contributed by atoms with Crippen molar-refractivity contribution in [2.75, 3.05) is 0 Å². The number of rotatable bonds is 7. The molecule has 0 N–H and O–H groups in total. The normalized spacial score (nSPS) is 10.9. The second-order valence-electron chi connectivity index (χ2n) is 6.71. The quantitative estimate of drug-likeness (QED) is 0.497. The Kier molecular flexibility index (Phi) is 14.0. The van der Waals surface area contributed by atoms with Gasteiger partial charge in [0.25, 0.3) is 0 Å². The third-order valence-electron chi connectivity index (χ3n) is 3.74. The molecule has 0 heterocycles. The van der Waals surface area contributed by atoms with Gasteiger partial charge in [-0.2, -0.15) is 0 Å². The maximum absolute atomic E-state index is 5.75. The maximum atomic E-state index is 5.75. The predicted molar refractivity (Wildman–Crippen MR) is 119 cm³/mol. The van der Waals surface area contributed by atoms with Crippen LogP contribution in [0, 0.1) is 6.92 Å². The highest BCUT2D eigenvalue weighted by atomic mass is 16.5. The molecule has 2 heteroatoms. The Balaban J connectivity index is 0.000000469. The van der Waals surface area contributed by atoms with Crippen molar-refractivity contribution < 1.29 is 9.47 Å². The van der Waals surface area contributed by atoms with Gasteiger partial charge in [-0.1, -0.05) is 63.9 Å². The fourth-order valence-corrected chi connectivity index (χ4v) is 2.27. The molecular weight excluding hydrogens is 332 g/mol. The van der Waals surface area contributed by atoms with Crippen molar-refractivity contribution in [1.82, 2.24) is 0 Å². The van der Waals surface area contributed by atoms with Crippen LogP contribution in [-0.2, 0) is 6.42 Å². The lowest BCUT2D eigenvalue weighted by Crippen LogP contribution is -2.09. The summed E-state index contributed by atoms with van der Waals surface area (Å²) >= 11 is 0. The van der Waals surface area contributed by atoms with E-state index in [2.05, 4.69) is 58.0 Å². The highest BCUT2D eigenvalue weighted by Crippen LogP contribution is 2.16. The van der Waals surface area contributed by atoms with Crippen molar-refractivity contribution in [3.8, 4) is 11.5 Å². The molecule has 152 valence electrons. The van der Waals surface area contributed by atoms with Crippen LogP contribution in [0.2, 0.25) is 0 Å². The minimum atomic E-state index is 0.262. The fraction of sp³-hybridized carbons (Fsp3) is 0.520. The maximum Gasteiger partial charge on any atom is 0.119 e. The van der Waals surface area contributed by atoms with Gasteiger partial charge in [-0.15, -0.1) is 0 Å². The highest BCUT2D eigenvalue weighted by Gasteiger charge is 2.01. The molecule has 2 rings (SSSR count). The number of hydrogen-bond donors (Lipinski definition) is 0. The van der Waals surface area contributed by atoms with E-state index in [1.165, 1.54) is 17.5 Å². The highest BCUT2D eigenvalue weighted by molar-refractivity contribution is 5.28. The summed E-state index contributed by atoms with van der Waals surface area (Å²) < 4.78 is 11.2. The van der Waals surface area contributed by atoms with Gasteiger partial charge in [0, 0.05) is 0 Å². The number of ether oxygens (including phenoxy) is 2. The topological polar surface area (TPSA) is 18.5 Å². The number of benzene rings is 2. The SMILES string of the molecule is CC.CCCc1cccc(OC(C)CC)c1.Cc1ccc(OC(C)C)cc1. The van der Waals surface area contributed by atoms with Gasteiger partial charge in [0.05, 0.1) is 12.2 Å². The Morgan fingerprint density at radius 3 is 1.96 bits per heavy atom. The Morgan fingerprint density at radius 1 is 0.815 bits per heavy atom. The largest absolute Gasteiger partial charge is 0.491 e. The monoisotopic (exact) mass is 372 g/mol. The van der Waals surface area contributed by atoms with E-state index in [1.807, 2.05) is 45.9 Å². The van der Waals surface area contributed by atoms with Crippen molar-refractivity contribution in [1.29, 1.82) is 0 Å². The van der Waals surface area contributed by atoms with Crippen LogP contribution in [0.1, 0.15) is 72.4 Å². The summed E-state index contributed by atoms with van der Waals surface area (Å²) in [5.41, 5.74) is 2.63. The van der Waals surface area contributed by atoms with Gasteiger partial charge in [0.15, 0.2) is 0 Å². The number of aryl methyl sites for hydroxylation is 2. The minimum Gasteiger partial charge on any atom is -0.491 e. The lowest BCUT2D eigenvalue weighted by molar-refractivity contribution is 0.217. The molecule has 27 heavy (non-hydrogen) atoms. The molecule has 0 spiro atoms. The lowest BCUT2D eigenvalue weighted by Gasteiger charge is -2.13. The predicted octanol–water partition coefficient (Wildman–Crippen LogP) is 7.62. The van der Waals surface area contributed by atoms with E-state index in [-0.39, 0.29) is 6.10 Å². The van der Waals surface area contributed by atoms with E-state index < -0.39 is 0 Å². The van der Waals surface area contributed by atoms with Gasteiger partial charge in [-0.05, 0) is 70.4 Å². The van der Waals surface area contributed by atoms with Crippen molar-refractivity contribution in [2.45, 2.75) is 86.9 Å². The molecule has 2 nitrogen and oxygen atoms in total. The van der Waals surface area contributed by atoms with E-state index in [0.29, 0.717) is 6.10 Å². The molecule has 1 unspecified atom stereocenters. The van der Waals surface area contributed by atoms with E-state index in [0.717, 1.165) is 24.3 Å². The summed E-state index contributed by atoms with van der Waals surface area (Å²) in [5, 5.41) is 0. The smallest absolute Gasteiger partial charge is 0.119 e. The lowest BCUT2D eigenvalue weighted by atomic mass is 10.1. The van der Waals surface area contributed by atoms with Crippen LogP contribution >= 0.6 is 0 Å². The van der Waals surface area contributed by atoms with Gasteiger partial charge in [-0.25, -0.2) is 0 Å². The third kappa shape index (κ3) is 12.1. The summed E-state index contributed by atoms with van der Waals surface area (Å²) in [6.07, 6.45) is 3.95. The molecule has 0 aliphatic carbocycles. The first-order chi connectivity index (χ1) is 12.9. The molecule has 0 bridgehead atoms. The van der Waals surface area contributed by atoms with Gasteiger partial charge < -0.3 is 9.47 Å². The van der Waals surface area contributed by atoms with Crippen LogP contribution < -0.4 is 9.47 Å². The van der Waals surface area contributed by atoms with Crippen molar-refractivity contribution >= 4 is 0 Å². The zero-order chi connectivity index (χ0) is 20.7. The van der Waals surface area contributed by atoms with Gasteiger partial charge in [-0.3, -0.25) is 0 Å².